The molecule has 2 heterocycles. The number of sulfonamides is 1. The van der Waals surface area contributed by atoms with Crippen molar-refractivity contribution in [1.82, 2.24) is 9.29 Å². The molecule has 1 aliphatic carbocycles. The van der Waals surface area contributed by atoms with Crippen LogP contribution < -0.4 is 4.72 Å². The first-order valence-electron chi connectivity index (χ1n) is 10.9. The van der Waals surface area contributed by atoms with Gasteiger partial charge in [-0.15, -0.1) is 0 Å². The highest BCUT2D eigenvalue weighted by molar-refractivity contribution is 7.89. The van der Waals surface area contributed by atoms with Crippen LogP contribution in [0.25, 0.3) is 6.08 Å². The van der Waals surface area contributed by atoms with Gasteiger partial charge in [-0.25, -0.2) is 17.9 Å². The van der Waals surface area contributed by atoms with Crippen LogP contribution in [0.15, 0.2) is 64.1 Å². The Morgan fingerprint density at radius 2 is 1.91 bits per heavy atom. The van der Waals surface area contributed by atoms with E-state index in [4.69, 9.17) is 9.15 Å². The predicted octanol–water partition coefficient (Wildman–Crippen LogP) is 3.95. The number of aromatic nitrogens is 1. The van der Waals surface area contributed by atoms with E-state index >= 15 is 0 Å². The van der Waals surface area contributed by atoms with Crippen LogP contribution in [-0.4, -0.2) is 31.3 Å². The zero-order valence-electron chi connectivity index (χ0n) is 19.0. The van der Waals surface area contributed by atoms with Gasteiger partial charge in [0.25, 0.3) is 0 Å². The fraction of sp³-hybridized carbons (Fsp3) is 0.280. The number of carbonyl (C=O) groups excluding carboxylic acids is 2. The van der Waals surface area contributed by atoms with Crippen molar-refractivity contribution >= 4 is 27.9 Å². The van der Waals surface area contributed by atoms with Gasteiger partial charge in [0, 0.05) is 29.1 Å². The predicted molar refractivity (Wildman–Crippen MR) is 126 cm³/mol. The third-order valence-electron chi connectivity index (χ3n) is 5.66. The average Bonchev–Trinajstić information content (AvgIpc) is 3.41. The van der Waals surface area contributed by atoms with Crippen LogP contribution in [0.1, 0.15) is 52.0 Å². The summed E-state index contributed by atoms with van der Waals surface area (Å²) in [6.07, 6.45) is 6.42. The molecule has 9 heteroatoms. The molecule has 0 radical (unpaired) electrons. The first-order valence-corrected chi connectivity index (χ1v) is 12.4. The maximum atomic E-state index is 12.5. The smallest absolute Gasteiger partial charge is 0.331 e. The Hall–Kier alpha value is -3.43. The fourth-order valence-electron chi connectivity index (χ4n) is 3.80. The number of hydrogen-bond acceptors (Lipinski definition) is 6. The molecule has 1 aromatic carbocycles. The lowest BCUT2D eigenvalue weighted by atomic mass is 10.1. The molecular weight excluding hydrogens is 456 g/mol. The quantitative estimate of drug-likeness (QED) is 0.266. The second-order valence-corrected chi connectivity index (χ2v) is 9.99. The van der Waals surface area contributed by atoms with E-state index in [-0.39, 0.29) is 23.8 Å². The highest BCUT2D eigenvalue weighted by atomic mass is 32.2. The third-order valence-corrected chi connectivity index (χ3v) is 7.08. The summed E-state index contributed by atoms with van der Waals surface area (Å²) in [5.74, 6) is -0.384. The van der Waals surface area contributed by atoms with Crippen molar-refractivity contribution < 1.29 is 27.2 Å². The zero-order chi connectivity index (χ0) is 24.3. The lowest BCUT2D eigenvalue weighted by Gasteiger charge is -2.07. The van der Waals surface area contributed by atoms with Gasteiger partial charge in [-0.1, -0.05) is 12.1 Å². The Balaban J connectivity index is 1.30. The van der Waals surface area contributed by atoms with Gasteiger partial charge >= 0.3 is 5.97 Å². The van der Waals surface area contributed by atoms with E-state index < -0.39 is 16.0 Å². The van der Waals surface area contributed by atoms with Crippen molar-refractivity contribution in [3.8, 4) is 0 Å². The molecule has 8 nitrogen and oxygen atoms in total. The summed E-state index contributed by atoms with van der Waals surface area (Å²) in [7, 11) is -3.70. The lowest BCUT2D eigenvalue weighted by molar-refractivity contribution is -0.136. The van der Waals surface area contributed by atoms with E-state index in [0.29, 0.717) is 22.9 Å². The highest BCUT2D eigenvalue weighted by Crippen LogP contribution is 2.38. The number of nitrogens with one attached hydrogen (secondary N) is 1. The molecule has 34 heavy (non-hydrogen) atoms. The Morgan fingerprint density at radius 3 is 2.56 bits per heavy atom. The largest absolute Gasteiger partial charge is 0.468 e. The highest BCUT2D eigenvalue weighted by Gasteiger charge is 2.28. The summed E-state index contributed by atoms with van der Waals surface area (Å²) in [6.45, 7) is 3.60. The molecule has 0 amide bonds. The van der Waals surface area contributed by atoms with Gasteiger partial charge in [-0.05, 0) is 68.7 Å². The van der Waals surface area contributed by atoms with Gasteiger partial charge in [-0.3, -0.25) is 4.79 Å². The number of esters is 1. The number of nitrogens with zero attached hydrogens (tertiary/aromatic N) is 1. The van der Waals surface area contributed by atoms with Crippen LogP contribution in [0.2, 0.25) is 0 Å². The van der Waals surface area contributed by atoms with E-state index in [2.05, 4.69) is 9.29 Å². The standard InChI is InChI=1S/C25H26N2O6S/c1-17-14-23(18(2)27(17)20-8-9-20)24(28)16-33-25(29)12-7-19-5-10-22(11-6-19)34(30,31)26-15-21-4-3-13-32-21/h3-7,10-14,20,26H,8-9,15-16H2,1-2H3/b12-7+. The van der Waals surface area contributed by atoms with E-state index in [1.165, 1.54) is 30.5 Å². The Morgan fingerprint density at radius 1 is 1.18 bits per heavy atom. The molecule has 2 aromatic heterocycles. The van der Waals surface area contributed by atoms with Crippen LogP contribution >= 0.6 is 0 Å². The molecule has 1 fully saturated rings. The zero-order valence-corrected chi connectivity index (χ0v) is 19.8. The molecule has 3 aromatic rings. The van der Waals surface area contributed by atoms with Crippen molar-refractivity contribution in [3.63, 3.8) is 0 Å². The van der Waals surface area contributed by atoms with E-state index in [1.807, 2.05) is 19.9 Å². The van der Waals surface area contributed by atoms with Gasteiger partial charge < -0.3 is 13.7 Å². The van der Waals surface area contributed by atoms with Crippen molar-refractivity contribution in [3.05, 3.63) is 83.1 Å². The number of ether oxygens (including phenoxy) is 1. The molecule has 178 valence electrons. The summed E-state index contributed by atoms with van der Waals surface area (Å²) in [5, 5.41) is 0. The van der Waals surface area contributed by atoms with Crippen LogP contribution in [0.5, 0.6) is 0 Å². The number of carbonyl (C=O) groups is 2. The molecule has 1 N–H and O–H groups in total. The van der Waals surface area contributed by atoms with Gasteiger partial charge in [0.15, 0.2) is 6.61 Å². The summed E-state index contributed by atoms with van der Waals surface area (Å²) >= 11 is 0. The number of aryl methyl sites for hydroxylation is 1. The number of hydrogen-bond donors (Lipinski definition) is 1. The van der Waals surface area contributed by atoms with E-state index in [1.54, 1.807) is 24.3 Å². The first kappa shape index (κ1) is 23.7. The lowest BCUT2D eigenvalue weighted by Crippen LogP contribution is -2.22. The monoisotopic (exact) mass is 482 g/mol. The maximum Gasteiger partial charge on any atom is 0.331 e. The molecule has 0 aliphatic heterocycles. The molecule has 0 unspecified atom stereocenters. The minimum atomic E-state index is -3.70. The Kier molecular flexibility index (Phi) is 6.85. The molecule has 1 saturated carbocycles. The first-order chi connectivity index (χ1) is 16.2. The number of furan rings is 1. The van der Waals surface area contributed by atoms with Gasteiger partial charge in [0.2, 0.25) is 15.8 Å². The maximum absolute atomic E-state index is 12.5. The fourth-order valence-corrected chi connectivity index (χ4v) is 4.79. The second kappa shape index (κ2) is 9.82. The van der Waals surface area contributed by atoms with Gasteiger partial charge in [0.1, 0.15) is 5.76 Å². The number of Topliss-reactive ketones (excluding diaryl/α,β-unsaturated/α-hetero) is 1. The van der Waals surface area contributed by atoms with Crippen LogP contribution in [0.3, 0.4) is 0 Å². The van der Waals surface area contributed by atoms with Gasteiger partial charge in [-0.2, -0.15) is 0 Å². The number of ketones is 1. The van der Waals surface area contributed by atoms with Crippen LogP contribution in [0, 0.1) is 13.8 Å². The summed E-state index contributed by atoms with van der Waals surface area (Å²) in [6, 6.07) is 11.7. The van der Waals surface area contributed by atoms with E-state index in [0.717, 1.165) is 24.2 Å². The van der Waals surface area contributed by atoms with E-state index in [9.17, 15) is 18.0 Å². The summed E-state index contributed by atoms with van der Waals surface area (Å²) < 4.78 is 39.6. The van der Waals surface area contributed by atoms with Crippen LogP contribution in [-0.2, 0) is 26.1 Å². The van der Waals surface area contributed by atoms with Gasteiger partial charge in [0.05, 0.1) is 17.7 Å². The topological polar surface area (TPSA) is 108 Å². The molecule has 0 spiro atoms. The minimum Gasteiger partial charge on any atom is -0.468 e. The number of rotatable bonds is 10. The molecule has 4 rings (SSSR count). The average molecular weight is 483 g/mol. The van der Waals surface area contributed by atoms with Crippen molar-refractivity contribution in [2.45, 2.75) is 44.2 Å². The van der Waals surface area contributed by atoms with Crippen molar-refractivity contribution in [2.24, 2.45) is 0 Å². The van der Waals surface area contributed by atoms with Crippen LogP contribution in [0.4, 0.5) is 0 Å². The third kappa shape index (κ3) is 5.55. The molecule has 1 aliphatic rings. The molecule has 0 saturated heterocycles. The summed E-state index contributed by atoms with van der Waals surface area (Å²) in [5.41, 5.74) is 3.14. The normalized spacial score (nSPS) is 13.9. The minimum absolute atomic E-state index is 0.0476. The molecule has 0 atom stereocenters. The van der Waals surface area contributed by atoms with Crippen molar-refractivity contribution in [1.29, 1.82) is 0 Å². The Labute approximate surface area is 198 Å². The second-order valence-electron chi connectivity index (χ2n) is 8.22. The molecule has 0 bridgehead atoms. The number of benzene rings is 1. The SMILES string of the molecule is Cc1cc(C(=O)COC(=O)/C=C/c2ccc(S(=O)(=O)NCc3ccco3)cc2)c(C)n1C1CC1. The Bertz CT molecular complexity index is 1310. The summed E-state index contributed by atoms with van der Waals surface area (Å²) in [4.78, 5) is 24.7. The van der Waals surface area contributed by atoms with Crippen molar-refractivity contribution in [2.75, 3.05) is 6.61 Å². The molecular formula is C25H26N2O6S.